The summed E-state index contributed by atoms with van der Waals surface area (Å²) < 4.78 is 11.7. The molecule has 1 aromatic rings. The van der Waals surface area contributed by atoms with Crippen LogP contribution in [0.3, 0.4) is 0 Å². The summed E-state index contributed by atoms with van der Waals surface area (Å²) in [5.74, 6) is 0.210. The summed E-state index contributed by atoms with van der Waals surface area (Å²) in [6, 6.07) is 10.3. The van der Waals surface area contributed by atoms with Crippen LogP contribution in [0.1, 0.15) is 46.1 Å². The molecule has 1 saturated heterocycles. The van der Waals surface area contributed by atoms with Crippen molar-refractivity contribution in [1.29, 1.82) is 0 Å². The van der Waals surface area contributed by atoms with Crippen molar-refractivity contribution in [3.05, 3.63) is 35.9 Å². The minimum absolute atomic E-state index is 0.147. The number of ether oxygens (including phenoxy) is 2. The molecule has 1 aliphatic heterocycles. The summed E-state index contributed by atoms with van der Waals surface area (Å²) >= 11 is 0. The number of benzene rings is 1. The number of rotatable bonds is 8. The highest BCUT2D eigenvalue weighted by molar-refractivity contribution is 5.75. The van der Waals surface area contributed by atoms with Gasteiger partial charge in [-0.05, 0) is 51.0 Å². The Kier molecular flexibility index (Phi) is 7.83. The minimum atomic E-state index is -0.789. The smallest absolute Gasteiger partial charge is 0.311 e. The van der Waals surface area contributed by atoms with Crippen molar-refractivity contribution in [2.24, 2.45) is 17.3 Å². The largest absolute Gasteiger partial charge is 0.463 e. The van der Waals surface area contributed by atoms with Crippen LogP contribution in [0.5, 0.6) is 0 Å². The Morgan fingerprint density at radius 2 is 1.89 bits per heavy atom. The molecule has 1 fully saturated rings. The van der Waals surface area contributed by atoms with E-state index in [9.17, 15) is 9.90 Å². The van der Waals surface area contributed by atoms with Crippen LogP contribution in [0.25, 0.3) is 0 Å². The first kappa shape index (κ1) is 21.9. The standard InChI is InChI=1S/C22H34O5/c1-15-18(11-10-16-8-6-5-7-9-16)20(14-26-21(25)22(2,3)4)27-19(15)12-17(24)13-23/h5-9,15,17-20,23-24H,10-14H2,1-4H3/t15-,17?,18?,19?,20+/m1/s1. The Morgan fingerprint density at radius 3 is 2.48 bits per heavy atom. The Hall–Kier alpha value is -1.43. The molecule has 0 radical (unpaired) electrons. The van der Waals surface area contributed by atoms with Gasteiger partial charge in [0.05, 0.1) is 30.3 Å². The third kappa shape index (κ3) is 6.30. The monoisotopic (exact) mass is 378 g/mol. The van der Waals surface area contributed by atoms with Crippen molar-refractivity contribution < 1.29 is 24.5 Å². The predicted molar refractivity (Wildman–Crippen MR) is 104 cm³/mol. The van der Waals surface area contributed by atoms with Gasteiger partial charge < -0.3 is 19.7 Å². The number of carbonyl (C=O) groups is 1. The Morgan fingerprint density at radius 1 is 1.22 bits per heavy atom. The van der Waals surface area contributed by atoms with Gasteiger partial charge >= 0.3 is 5.97 Å². The van der Waals surface area contributed by atoms with Gasteiger partial charge in [-0.2, -0.15) is 0 Å². The molecule has 1 aromatic carbocycles. The lowest BCUT2D eigenvalue weighted by Gasteiger charge is -2.23. The molecule has 5 atom stereocenters. The molecule has 5 heteroatoms. The highest BCUT2D eigenvalue weighted by Crippen LogP contribution is 2.38. The van der Waals surface area contributed by atoms with Crippen molar-refractivity contribution in [3.8, 4) is 0 Å². The molecule has 0 aromatic heterocycles. The van der Waals surface area contributed by atoms with E-state index in [1.54, 1.807) is 0 Å². The fourth-order valence-corrected chi connectivity index (χ4v) is 3.64. The molecule has 152 valence electrons. The lowest BCUT2D eigenvalue weighted by Crippen LogP contribution is -2.30. The molecule has 1 heterocycles. The molecule has 1 aliphatic rings. The maximum atomic E-state index is 12.1. The molecule has 2 rings (SSSR count). The second-order valence-corrected chi connectivity index (χ2v) is 8.68. The number of esters is 1. The number of hydrogen-bond donors (Lipinski definition) is 2. The van der Waals surface area contributed by atoms with Crippen LogP contribution in [0.2, 0.25) is 0 Å². The predicted octanol–water partition coefficient (Wildman–Crippen LogP) is 2.97. The summed E-state index contributed by atoms with van der Waals surface area (Å²) in [5, 5.41) is 19.0. The summed E-state index contributed by atoms with van der Waals surface area (Å²) in [5.41, 5.74) is 0.727. The quantitative estimate of drug-likeness (QED) is 0.680. The van der Waals surface area contributed by atoms with Gasteiger partial charge in [-0.3, -0.25) is 4.79 Å². The molecule has 27 heavy (non-hydrogen) atoms. The molecular weight excluding hydrogens is 344 g/mol. The molecule has 0 saturated carbocycles. The van der Waals surface area contributed by atoms with Crippen LogP contribution < -0.4 is 0 Å². The first-order valence-electron chi connectivity index (χ1n) is 9.88. The van der Waals surface area contributed by atoms with E-state index in [4.69, 9.17) is 14.6 Å². The van der Waals surface area contributed by atoms with Crippen molar-refractivity contribution in [1.82, 2.24) is 0 Å². The van der Waals surface area contributed by atoms with Gasteiger partial charge in [0.15, 0.2) is 0 Å². The summed E-state index contributed by atoms with van der Waals surface area (Å²) in [6.45, 7) is 7.58. The van der Waals surface area contributed by atoms with E-state index in [1.807, 2.05) is 39.0 Å². The summed E-state index contributed by atoms with van der Waals surface area (Å²) in [7, 11) is 0. The first-order valence-corrected chi connectivity index (χ1v) is 9.88. The maximum absolute atomic E-state index is 12.1. The average molecular weight is 379 g/mol. The van der Waals surface area contributed by atoms with Crippen LogP contribution >= 0.6 is 0 Å². The summed E-state index contributed by atoms with van der Waals surface area (Å²) in [6.07, 6.45) is 1.12. The molecule has 0 aliphatic carbocycles. The molecular formula is C22H34O5. The van der Waals surface area contributed by atoms with Gasteiger partial charge in [-0.15, -0.1) is 0 Å². The minimum Gasteiger partial charge on any atom is -0.463 e. The number of hydrogen-bond acceptors (Lipinski definition) is 5. The van der Waals surface area contributed by atoms with Crippen LogP contribution in [0.15, 0.2) is 30.3 Å². The van der Waals surface area contributed by atoms with Gasteiger partial charge in [0.1, 0.15) is 6.61 Å². The molecule has 0 amide bonds. The van der Waals surface area contributed by atoms with Gasteiger partial charge in [-0.1, -0.05) is 37.3 Å². The van der Waals surface area contributed by atoms with E-state index in [-0.39, 0.29) is 43.2 Å². The lowest BCUT2D eigenvalue weighted by atomic mass is 9.83. The molecule has 0 bridgehead atoms. The topological polar surface area (TPSA) is 76.0 Å². The van der Waals surface area contributed by atoms with Crippen LogP contribution in [-0.2, 0) is 20.7 Å². The van der Waals surface area contributed by atoms with E-state index in [0.29, 0.717) is 6.42 Å². The number of aliphatic hydroxyl groups excluding tert-OH is 2. The average Bonchev–Trinajstić information content (AvgIpc) is 2.92. The van der Waals surface area contributed by atoms with Crippen LogP contribution in [0.4, 0.5) is 0 Å². The zero-order chi connectivity index (χ0) is 20.0. The van der Waals surface area contributed by atoms with E-state index < -0.39 is 11.5 Å². The zero-order valence-corrected chi connectivity index (χ0v) is 16.9. The normalized spacial score (nSPS) is 26.7. The Bertz CT molecular complexity index is 580. The number of aryl methyl sites for hydroxylation is 1. The number of carbonyl (C=O) groups excluding carboxylic acids is 1. The fourth-order valence-electron chi connectivity index (χ4n) is 3.64. The van der Waals surface area contributed by atoms with E-state index in [1.165, 1.54) is 5.56 Å². The van der Waals surface area contributed by atoms with Crippen molar-refractivity contribution in [2.45, 2.75) is 65.3 Å². The van der Waals surface area contributed by atoms with Gasteiger partial charge in [0.2, 0.25) is 0 Å². The van der Waals surface area contributed by atoms with E-state index in [2.05, 4.69) is 19.1 Å². The highest BCUT2D eigenvalue weighted by atomic mass is 16.6. The van der Waals surface area contributed by atoms with Crippen LogP contribution in [0, 0.1) is 17.3 Å². The fraction of sp³-hybridized carbons (Fsp3) is 0.682. The Balaban J connectivity index is 2.03. The summed E-state index contributed by atoms with van der Waals surface area (Å²) in [4.78, 5) is 12.1. The second kappa shape index (κ2) is 9.67. The highest BCUT2D eigenvalue weighted by Gasteiger charge is 2.42. The van der Waals surface area contributed by atoms with Gasteiger partial charge in [0, 0.05) is 6.42 Å². The van der Waals surface area contributed by atoms with Crippen LogP contribution in [-0.4, -0.2) is 47.7 Å². The van der Waals surface area contributed by atoms with E-state index in [0.717, 1.165) is 12.8 Å². The molecule has 5 nitrogen and oxygen atoms in total. The van der Waals surface area contributed by atoms with Gasteiger partial charge in [-0.25, -0.2) is 0 Å². The van der Waals surface area contributed by atoms with Crippen molar-refractivity contribution >= 4 is 5.97 Å². The SMILES string of the molecule is C[C@H]1C(CC(O)CO)O[C@@H](COC(=O)C(C)(C)C)C1CCc1ccccc1. The zero-order valence-electron chi connectivity index (χ0n) is 16.9. The Labute approximate surface area is 162 Å². The molecule has 2 N–H and O–H groups in total. The van der Waals surface area contributed by atoms with E-state index >= 15 is 0 Å². The van der Waals surface area contributed by atoms with Crippen molar-refractivity contribution in [2.75, 3.05) is 13.2 Å². The third-order valence-corrected chi connectivity index (χ3v) is 5.40. The van der Waals surface area contributed by atoms with Crippen molar-refractivity contribution in [3.63, 3.8) is 0 Å². The third-order valence-electron chi connectivity index (χ3n) is 5.40. The molecule has 3 unspecified atom stereocenters. The lowest BCUT2D eigenvalue weighted by molar-refractivity contribution is -0.157. The van der Waals surface area contributed by atoms with Gasteiger partial charge in [0.25, 0.3) is 0 Å². The molecule has 0 spiro atoms. The number of aliphatic hydroxyl groups is 2. The maximum Gasteiger partial charge on any atom is 0.311 e. The first-order chi connectivity index (χ1) is 12.7. The second-order valence-electron chi connectivity index (χ2n) is 8.68.